The number of anilines is 1. The number of nitrogens with one attached hydrogen (secondary N) is 2. The lowest BCUT2D eigenvalue weighted by atomic mass is 10.2. The van der Waals surface area contributed by atoms with E-state index in [1.165, 1.54) is 21.9 Å². The van der Waals surface area contributed by atoms with Crippen LogP contribution < -0.4 is 10.6 Å². The van der Waals surface area contributed by atoms with E-state index in [9.17, 15) is 18.0 Å². The van der Waals surface area contributed by atoms with Gasteiger partial charge in [-0.15, -0.1) is 11.3 Å². The van der Waals surface area contributed by atoms with E-state index in [1.54, 1.807) is 18.4 Å². The highest BCUT2D eigenvalue weighted by molar-refractivity contribution is 7.89. The average Bonchev–Trinajstić information content (AvgIpc) is 3.31. The fourth-order valence-corrected chi connectivity index (χ4v) is 4.76. The van der Waals surface area contributed by atoms with E-state index in [2.05, 4.69) is 15.6 Å². The summed E-state index contributed by atoms with van der Waals surface area (Å²) < 4.78 is 36.0. The molecule has 2 aromatic heterocycles. The molecule has 0 bridgehead atoms. The zero-order valence-electron chi connectivity index (χ0n) is 15.8. The molecular formula is C17H22N4O6S2. The molecule has 2 N–H and O–H groups in total. The van der Waals surface area contributed by atoms with Gasteiger partial charge in [-0.1, -0.05) is 0 Å². The number of hydrogen-bond donors (Lipinski definition) is 2. The molecule has 3 heterocycles. The lowest BCUT2D eigenvalue weighted by molar-refractivity contribution is -0.120. The van der Waals surface area contributed by atoms with Gasteiger partial charge in [-0.2, -0.15) is 4.31 Å². The number of ether oxygens (including phenoxy) is 1. The van der Waals surface area contributed by atoms with E-state index in [0.29, 0.717) is 48.5 Å². The average molecular weight is 443 g/mol. The number of carbonyl (C=O) groups excluding carboxylic acids is 2. The fraction of sp³-hybridized carbons (Fsp3) is 0.471. The molecule has 0 aromatic carbocycles. The van der Waals surface area contributed by atoms with Crippen molar-refractivity contribution in [3.63, 3.8) is 0 Å². The number of furan rings is 1. The Hall–Kier alpha value is -2.28. The monoisotopic (exact) mass is 442 g/mol. The van der Waals surface area contributed by atoms with Crippen LogP contribution >= 0.6 is 11.3 Å². The van der Waals surface area contributed by atoms with Gasteiger partial charge in [-0.05, 0) is 13.0 Å². The van der Waals surface area contributed by atoms with E-state index in [4.69, 9.17) is 9.15 Å². The van der Waals surface area contributed by atoms with Crippen LogP contribution in [0.2, 0.25) is 0 Å². The lowest BCUT2D eigenvalue weighted by Crippen LogP contribution is -2.43. The summed E-state index contributed by atoms with van der Waals surface area (Å²) in [6, 6.07) is 1.57. The maximum Gasteiger partial charge on any atom is 0.260 e. The Bertz CT molecular complexity index is 962. The van der Waals surface area contributed by atoms with E-state index in [-0.39, 0.29) is 30.5 Å². The van der Waals surface area contributed by atoms with Crippen LogP contribution in [0.5, 0.6) is 0 Å². The first-order valence-electron chi connectivity index (χ1n) is 8.97. The van der Waals surface area contributed by atoms with Crippen molar-refractivity contribution >= 4 is 38.3 Å². The van der Waals surface area contributed by atoms with E-state index in [0.717, 1.165) is 0 Å². The molecule has 0 spiro atoms. The van der Waals surface area contributed by atoms with Gasteiger partial charge in [-0.3, -0.25) is 14.9 Å². The third-order valence-electron chi connectivity index (χ3n) is 4.26. The zero-order chi connectivity index (χ0) is 20.9. The molecular weight excluding hydrogens is 420 g/mol. The van der Waals surface area contributed by atoms with Crippen molar-refractivity contribution in [3.8, 4) is 0 Å². The van der Waals surface area contributed by atoms with Crippen molar-refractivity contribution in [1.29, 1.82) is 0 Å². The van der Waals surface area contributed by atoms with Gasteiger partial charge >= 0.3 is 0 Å². The number of hydrogen-bond acceptors (Lipinski definition) is 8. The summed E-state index contributed by atoms with van der Waals surface area (Å²) in [4.78, 5) is 28.4. The van der Waals surface area contributed by atoms with Gasteiger partial charge in [0.15, 0.2) is 5.13 Å². The highest BCUT2D eigenvalue weighted by Crippen LogP contribution is 2.18. The summed E-state index contributed by atoms with van der Waals surface area (Å²) in [7, 11) is -3.42. The first kappa shape index (κ1) is 21.4. The second-order valence-electron chi connectivity index (χ2n) is 6.34. The van der Waals surface area contributed by atoms with E-state index < -0.39 is 10.0 Å². The van der Waals surface area contributed by atoms with E-state index in [1.807, 2.05) is 0 Å². The van der Waals surface area contributed by atoms with Crippen LogP contribution in [0.15, 0.2) is 22.1 Å². The molecule has 158 valence electrons. The van der Waals surface area contributed by atoms with Gasteiger partial charge in [0.1, 0.15) is 5.76 Å². The molecule has 0 atom stereocenters. The quantitative estimate of drug-likeness (QED) is 0.613. The molecule has 1 saturated heterocycles. The molecule has 10 nitrogen and oxygen atoms in total. The normalized spacial score (nSPS) is 15.2. The van der Waals surface area contributed by atoms with Crippen LogP contribution in [0.1, 0.15) is 21.8 Å². The molecule has 1 aliphatic rings. The van der Waals surface area contributed by atoms with Crippen molar-refractivity contribution in [2.45, 2.75) is 13.3 Å². The first-order chi connectivity index (χ1) is 13.8. The smallest absolute Gasteiger partial charge is 0.260 e. The summed E-state index contributed by atoms with van der Waals surface area (Å²) in [6.45, 7) is 3.14. The SMILES string of the molecule is Cc1occc1C(=O)Nc1nc(CC(=O)NCCS(=O)(=O)N2CCOCC2)cs1. The predicted molar refractivity (Wildman–Crippen MR) is 106 cm³/mol. The molecule has 0 aliphatic carbocycles. The Morgan fingerprint density at radius 2 is 2.07 bits per heavy atom. The van der Waals surface area contributed by atoms with Crippen molar-refractivity contribution in [2.24, 2.45) is 0 Å². The van der Waals surface area contributed by atoms with Gasteiger partial charge in [0.25, 0.3) is 5.91 Å². The molecule has 0 saturated carbocycles. The van der Waals surface area contributed by atoms with Gasteiger partial charge in [0, 0.05) is 25.0 Å². The van der Waals surface area contributed by atoms with Crippen LogP contribution in [0, 0.1) is 6.92 Å². The summed E-state index contributed by atoms with van der Waals surface area (Å²) in [5.41, 5.74) is 0.906. The summed E-state index contributed by atoms with van der Waals surface area (Å²) in [5, 5.41) is 7.29. The lowest BCUT2D eigenvalue weighted by Gasteiger charge is -2.26. The Morgan fingerprint density at radius 3 is 2.76 bits per heavy atom. The number of aromatic nitrogens is 1. The minimum absolute atomic E-state index is 0.00525. The van der Waals surface area contributed by atoms with E-state index >= 15 is 0 Å². The maximum absolute atomic E-state index is 12.2. The Labute approximate surface area is 172 Å². The number of rotatable bonds is 8. The largest absolute Gasteiger partial charge is 0.469 e. The first-order valence-corrected chi connectivity index (χ1v) is 11.5. The van der Waals surface area contributed by atoms with Gasteiger partial charge in [0.05, 0.1) is 42.9 Å². The summed E-state index contributed by atoms with van der Waals surface area (Å²) in [5.74, 6) is -0.335. The number of thiazole rings is 1. The summed E-state index contributed by atoms with van der Waals surface area (Å²) >= 11 is 1.20. The van der Waals surface area contributed by atoms with Crippen molar-refractivity contribution in [1.82, 2.24) is 14.6 Å². The van der Waals surface area contributed by atoms with Crippen LogP contribution in [-0.4, -0.2) is 68.1 Å². The molecule has 0 unspecified atom stereocenters. The third-order valence-corrected chi connectivity index (χ3v) is 6.94. The number of nitrogens with zero attached hydrogens (tertiary/aromatic N) is 2. The molecule has 0 radical (unpaired) electrons. The second kappa shape index (κ2) is 9.48. The molecule has 3 rings (SSSR count). The van der Waals surface area contributed by atoms with Crippen LogP contribution in [0.3, 0.4) is 0 Å². The number of sulfonamides is 1. The standard InChI is InChI=1S/C17H22N4O6S2/c1-12-14(2-6-27-12)16(23)20-17-19-13(11-28-17)10-15(22)18-3-9-29(24,25)21-4-7-26-8-5-21/h2,6,11H,3-5,7-10H2,1H3,(H,18,22)(H,19,20,23). The second-order valence-corrected chi connectivity index (χ2v) is 9.29. The van der Waals surface area contributed by atoms with Gasteiger partial charge in [0.2, 0.25) is 15.9 Å². The van der Waals surface area contributed by atoms with Crippen LogP contribution in [0.4, 0.5) is 5.13 Å². The minimum atomic E-state index is -3.42. The number of carbonyl (C=O) groups is 2. The Kier molecular flexibility index (Phi) is 7.00. The molecule has 29 heavy (non-hydrogen) atoms. The number of amides is 2. The fourth-order valence-electron chi connectivity index (χ4n) is 2.73. The molecule has 1 fully saturated rings. The highest BCUT2D eigenvalue weighted by atomic mass is 32.2. The maximum atomic E-state index is 12.2. The van der Waals surface area contributed by atoms with Crippen molar-refractivity contribution < 1.29 is 27.2 Å². The minimum Gasteiger partial charge on any atom is -0.469 e. The number of morpholine rings is 1. The van der Waals surface area contributed by atoms with Gasteiger partial charge < -0.3 is 14.5 Å². The topological polar surface area (TPSA) is 131 Å². The number of aryl methyl sites for hydroxylation is 1. The molecule has 2 aromatic rings. The predicted octanol–water partition coefficient (Wildman–Crippen LogP) is 0.618. The Morgan fingerprint density at radius 1 is 1.31 bits per heavy atom. The van der Waals surface area contributed by atoms with Crippen LogP contribution in [-0.2, 0) is 26.0 Å². The zero-order valence-corrected chi connectivity index (χ0v) is 17.5. The molecule has 1 aliphatic heterocycles. The van der Waals surface area contributed by atoms with Gasteiger partial charge in [-0.25, -0.2) is 13.4 Å². The van der Waals surface area contributed by atoms with Crippen molar-refractivity contribution in [3.05, 3.63) is 34.7 Å². The summed E-state index contributed by atoms with van der Waals surface area (Å²) in [6.07, 6.45) is 1.43. The van der Waals surface area contributed by atoms with Crippen LogP contribution in [0.25, 0.3) is 0 Å². The van der Waals surface area contributed by atoms with Crippen molar-refractivity contribution in [2.75, 3.05) is 43.9 Å². The third kappa shape index (κ3) is 5.85. The molecule has 12 heteroatoms. The highest BCUT2D eigenvalue weighted by Gasteiger charge is 2.24. The molecule has 2 amide bonds. The Balaban J connectivity index is 1.44.